The van der Waals surface area contributed by atoms with Crippen LogP contribution in [-0.2, 0) is 9.59 Å². The highest BCUT2D eigenvalue weighted by molar-refractivity contribution is 6.02. The Hall–Kier alpha value is -3.66. The number of hydrogen-bond acceptors (Lipinski definition) is 2. The van der Waals surface area contributed by atoms with Gasteiger partial charge in [-0.1, -0.05) is 84.9 Å². The molecule has 0 saturated carbocycles. The van der Waals surface area contributed by atoms with Gasteiger partial charge in [0.05, 0.1) is 0 Å². The monoisotopic (exact) mass is 368 g/mol. The van der Waals surface area contributed by atoms with Crippen LogP contribution in [-0.4, -0.2) is 11.8 Å². The molecular formula is C24H20N2O2. The van der Waals surface area contributed by atoms with E-state index in [0.29, 0.717) is 0 Å². The lowest BCUT2D eigenvalue weighted by molar-refractivity contribution is -0.132. The number of carbonyl (C=O) groups is 2. The van der Waals surface area contributed by atoms with Gasteiger partial charge in [0.1, 0.15) is 5.92 Å². The number of hydrogen-bond donors (Lipinski definition) is 2. The molecule has 0 spiro atoms. The van der Waals surface area contributed by atoms with E-state index in [1.54, 1.807) is 0 Å². The first-order chi connectivity index (χ1) is 13.6. The number of nitrogens with two attached hydrogens (primary N) is 2. The summed E-state index contributed by atoms with van der Waals surface area (Å²) < 4.78 is 0. The van der Waals surface area contributed by atoms with Crippen LogP contribution in [0.3, 0.4) is 0 Å². The first-order valence-electron chi connectivity index (χ1n) is 9.12. The van der Waals surface area contributed by atoms with Crippen LogP contribution in [0.2, 0.25) is 0 Å². The molecule has 4 N–H and O–H groups in total. The van der Waals surface area contributed by atoms with Crippen LogP contribution in [0.1, 0.15) is 17.0 Å². The Labute approximate surface area is 162 Å². The minimum Gasteiger partial charge on any atom is -0.369 e. The van der Waals surface area contributed by atoms with E-state index < -0.39 is 23.7 Å². The summed E-state index contributed by atoms with van der Waals surface area (Å²) in [6.45, 7) is 0. The molecule has 0 atom stereocenters. The molecule has 0 aliphatic carbocycles. The molecule has 4 aromatic rings. The molecule has 2 amide bonds. The fourth-order valence-corrected chi connectivity index (χ4v) is 4.04. The van der Waals surface area contributed by atoms with Gasteiger partial charge in [-0.3, -0.25) is 9.59 Å². The molecule has 0 bridgehead atoms. The second-order valence-corrected chi connectivity index (χ2v) is 6.90. The maximum Gasteiger partial charge on any atom is 0.230 e. The van der Waals surface area contributed by atoms with E-state index in [2.05, 4.69) is 0 Å². The van der Waals surface area contributed by atoms with Crippen LogP contribution in [0.25, 0.3) is 21.5 Å². The molecular weight excluding hydrogens is 348 g/mol. The number of carbonyl (C=O) groups excluding carboxylic acids is 2. The minimum atomic E-state index is -1.16. The summed E-state index contributed by atoms with van der Waals surface area (Å²) in [5, 5.41) is 3.99. The molecule has 0 fully saturated rings. The lowest BCUT2D eigenvalue weighted by Crippen LogP contribution is -2.39. The Bertz CT molecular complexity index is 1100. The summed E-state index contributed by atoms with van der Waals surface area (Å²) in [4.78, 5) is 24.6. The van der Waals surface area contributed by atoms with Gasteiger partial charge in [0.25, 0.3) is 0 Å². The number of fused-ring (bicyclic) bond motifs is 2. The van der Waals surface area contributed by atoms with Gasteiger partial charge in [0.2, 0.25) is 11.8 Å². The lowest BCUT2D eigenvalue weighted by Gasteiger charge is -2.26. The van der Waals surface area contributed by atoms with Gasteiger partial charge in [-0.2, -0.15) is 0 Å². The van der Waals surface area contributed by atoms with E-state index in [4.69, 9.17) is 11.5 Å². The van der Waals surface area contributed by atoms with E-state index in [0.717, 1.165) is 32.7 Å². The molecule has 28 heavy (non-hydrogen) atoms. The Morgan fingerprint density at radius 1 is 0.571 bits per heavy atom. The Morgan fingerprint density at radius 2 is 0.964 bits per heavy atom. The third-order valence-corrected chi connectivity index (χ3v) is 5.26. The summed E-state index contributed by atoms with van der Waals surface area (Å²) in [6, 6.07) is 27.5. The van der Waals surface area contributed by atoms with Crippen molar-refractivity contribution in [3.8, 4) is 0 Å². The molecule has 138 valence electrons. The first-order valence-corrected chi connectivity index (χ1v) is 9.12. The minimum absolute atomic E-state index is 0.577. The first kappa shape index (κ1) is 17.7. The standard InChI is InChI=1S/C24H20N2O2/c25-23(27)22(24(26)28)21(19-13-5-9-15-7-1-3-11-17(15)19)20-14-6-10-16-8-2-4-12-18(16)20/h1-14,21-22H,(H2,25,27)(H2,26,28). The van der Waals surface area contributed by atoms with Gasteiger partial charge in [-0.15, -0.1) is 0 Å². The highest BCUT2D eigenvalue weighted by Gasteiger charge is 2.35. The predicted molar refractivity (Wildman–Crippen MR) is 112 cm³/mol. The Balaban J connectivity index is 2.08. The SMILES string of the molecule is NC(=O)C(C(N)=O)C(c1cccc2ccccc12)c1cccc2ccccc12. The van der Waals surface area contributed by atoms with Crippen molar-refractivity contribution in [3.05, 3.63) is 96.1 Å². The van der Waals surface area contributed by atoms with Crippen LogP contribution in [0.15, 0.2) is 84.9 Å². The molecule has 0 aliphatic heterocycles. The van der Waals surface area contributed by atoms with Gasteiger partial charge >= 0.3 is 0 Å². The fraction of sp³-hybridized carbons (Fsp3) is 0.0833. The molecule has 4 nitrogen and oxygen atoms in total. The van der Waals surface area contributed by atoms with E-state index in [1.807, 2.05) is 84.9 Å². The van der Waals surface area contributed by atoms with Gasteiger partial charge in [0, 0.05) is 5.92 Å². The smallest absolute Gasteiger partial charge is 0.230 e. The summed E-state index contributed by atoms with van der Waals surface area (Å²) in [5.41, 5.74) is 13.0. The number of rotatable bonds is 5. The highest BCUT2D eigenvalue weighted by atomic mass is 16.2. The molecule has 4 aromatic carbocycles. The van der Waals surface area contributed by atoms with Crippen molar-refractivity contribution in [1.82, 2.24) is 0 Å². The maximum absolute atomic E-state index is 12.3. The molecule has 0 unspecified atom stereocenters. The average Bonchev–Trinajstić information content (AvgIpc) is 2.70. The van der Waals surface area contributed by atoms with Crippen LogP contribution in [0.4, 0.5) is 0 Å². The second kappa shape index (κ2) is 7.16. The van der Waals surface area contributed by atoms with Gasteiger partial charge < -0.3 is 11.5 Å². The van der Waals surface area contributed by atoms with Gasteiger partial charge in [0.15, 0.2) is 0 Å². The topological polar surface area (TPSA) is 86.2 Å². The van der Waals surface area contributed by atoms with Crippen LogP contribution >= 0.6 is 0 Å². The number of benzene rings is 4. The second-order valence-electron chi connectivity index (χ2n) is 6.90. The number of amides is 2. The van der Waals surface area contributed by atoms with Crippen molar-refractivity contribution in [1.29, 1.82) is 0 Å². The third-order valence-electron chi connectivity index (χ3n) is 5.26. The van der Waals surface area contributed by atoms with Crippen molar-refractivity contribution >= 4 is 33.4 Å². The van der Waals surface area contributed by atoms with Gasteiger partial charge in [-0.05, 0) is 32.7 Å². The van der Waals surface area contributed by atoms with Crippen LogP contribution < -0.4 is 11.5 Å². The molecule has 0 heterocycles. The maximum atomic E-state index is 12.3. The zero-order chi connectivity index (χ0) is 19.7. The van der Waals surface area contributed by atoms with Crippen LogP contribution in [0.5, 0.6) is 0 Å². The highest BCUT2D eigenvalue weighted by Crippen LogP contribution is 2.39. The summed E-state index contributed by atoms with van der Waals surface area (Å²) in [7, 11) is 0. The molecule has 0 saturated heterocycles. The van der Waals surface area contributed by atoms with E-state index >= 15 is 0 Å². The molecule has 4 rings (SSSR count). The van der Waals surface area contributed by atoms with Crippen LogP contribution in [0, 0.1) is 5.92 Å². The zero-order valence-corrected chi connectivity index (χ0v) is 15.2. The van der Waals surface area contributed by atoms with Gasteiger partial charge in [-0.25, -0.2) is 0 Å². The fourth-order valence-electron chi connectivity index (χ4n) is 4.04. The predicted octanol–water partition coefficient (Wildman–Crippen LogP) is 3.71. The average molecular weight is 368 g/mol. The van der Waals surface area contributed by atoms with Crippen molar-refractivity contribution in [3.63, 3.8) is 0 Å². The third kappa shape index (κ3) is 2.99. The largest absolute Gasteiger partial charge is 0.369 e. The summed E-state index contributed by atoms with van der Waals surface area (Å²) >= 11 is 0. The summed E-state index contributed by atoms with van der Waals surface area (Å²) in [5.74, 6) is -3.18. The lowest BCUT2D eigenvalue weighted by atomic mass is 9.76. The van der Waals surface area contributed by atoms with Crippen molar-refractivity contribution in [2.75, 3.05) is 0 Å². The van der Waals surface area contributed by atoms with Crippen molar-refractivity contribution in [2.45, 2.75) is 5.92 Å². The normalized spacial score (nSPS) is 11.4. The Morgan fingerprint density at radius 3 is 1.39 bits per heavy atom. The summed E-state index contributed by atoms with van der Waals surface area (Å²) in [6.07, 6.45) is 0. The quantitative estimate of drug-likeness (QED) is 0.526. The molecule has 0 aliphatic rings. The molecule has 0 aromatic heterocycles. The molecule has 0 radical (unpaired) electrons. The Kier molecular flexibility index (Phi) is 4.53. The van der Waals surface area contributed by atoms with E-state index in [1.165, 1.54) is 0 Å². The number of primary amides is 2. The zero-order valence-electron chi connectivity index (χ0n) is 15.2. The van der Waals surface area contributed by atoms with E-state index in [9.17, 15) is 9.59 Å². The van der Waals surface area contributed by atoms with Crippen molar-refractivity contribution < 1.29 is 9.59 Å². The van der Waals surface area contributed by atoms with Crippen molar-refractivity contribution in [2.24, 2.45) is 17.4 Å². The molecule has 4 heteroatoms. The van der Waals surface area contributed by atoms with E-state index in [-0.39, 0.29) is 0 Å².